The van der Waals surface area contributed by atoms with Crippen LogP contribution in [-0.2, 0) is 14.3 Å². The van der Waals surface area contributed by atoms with Crippen LogP contribution in [0.3, 0.4) is 0 Å². The number of nitriles is 1. The molecule has 9 heteroatoms. The van der Waals surface area contributed by atoms with Gasteiger partial charge in [-0.2, -0.15) is 17.0 Å². The van der Waals surface area contributed by atoms with Crippen LogP contribution in [0.5, 0.6) is 0 Å². The Bertz CT molecular complexity index is 877. The number of nitrogens with one attached hydrogen (secondary N) is 2. The van der Waals surface area contributed by atoms with Crippen molar-refractivity contribution in [3.8, 4) is 6.07 Å². The molecule has 0 bridgehead atoms. The van der Waals surface area contributed by atoms with Crippen LogP contribution in [0.4, 0.5) is 4.79 Å². The highest BCUT2D eigenvalue weighted by atomic mass is 32.2. The molecule has 0 aliphatic heterocycles. The van der Waals surface area contributed by atoms with E-state index < -0.39 is 29.7 Å². The summed E-state index contributed by atoms with van der Waals surface area (Å²) in [6, 6.07) is 7.29. The minimum absolute atomic E-state index is 0.0911. The number of benzene rings is 1. The topological polar surface area (TPSA) is 112 Å². The first-order valence-electron chi connectivity index (χ1n) is 12.0. The van der Waals surface area contributed by atoms with Crippen molar-refractivity contribution < 1.29 is 19.1 Å². The second kappa shape index (κ2) is 14.6. The SMILES string of the molecule is CCCC(C)NC(=O)C(c1ccc(C)cc1)N(CC#N)C(=O)C(CCSC)NC(=O)OC(C)(C)C. The zero-order valence-electron chi connectivity index (χ0n) is 22.0. The van der Waals surface area contributed by atoms with Crippen LogP contribution >= 0.6 is 11.8 Å². The predicted octanol–water partition coefficient (Wildman–Crippen LogP) is 4.34. The number of carbonyl (C=O) groups is 3. The van der Waals surface area contributed by atoms with Crippen molar-refractivity contribution in [1.82, 2.24) is 15.5 Å². The molecule has 0 aromatic heterocycles. The summed E-state index contributed by atoms with van der Waals surface area (Å²) in [4.78, 5) is 40.9. The Morgan fingerprint density at radius 2 is 1.77 bits per heavy atom. The van der Waals surface area contributed by atoms with Crippen LogP contribution in [0.2, 0.25) is 0 Å². The molecule has 194 valence electrons. The monoisotopic (exact) mass is 504 g/mol. The highest BCUT2D eigenvalue weighted by Gasteiger charge is 2.36. The van der Waals surface area contributed by atoms with E-state index in [2.05, 4.69) is 10.6 Å². The van der Waals surface area contributed by atoms with Gasteiger partial charge in [-0.15, -0.1) is 0 Å². The third kappa shape index (κ3) is 10.6. The average molecular weight is 505 g/mol. The molecule has 0 aliphatic rings. The van der Waals surface area contributed by atoms with Crippen molar-refractivity contribution in [1.29, 1.82) is 5.26 Å². The highest BCUT2D eigenvalue weighted by Crippen LogP contribution is 2.24. The molecule has 0 aliphatic carbocycles. The number of hydrogen-bond donors (Lipinski definition) is 2. The molecule has 0 fully saturated rings. The predicted molar refractivity (Wildman–Crippen MR) is 140 cm³/mol. The molecular formula is C26H40N4O4S. The lowest BCUT2D eigenvalue weighted by molar-refractivity contribution is -0.142. The molecule has 3 amide bonds. The van der Waals surface area contributed by atoms with Crippen molar-refractivity contribution in [3.63, 3.8) is 0 Å². The maximum Gasteiger partial charge on any atom is 0.408 e. The molecule has 0 saturated heterocycles. The second-order valence-electron chi connectivity index (χ2n) is 9.62. The van der Waals surface area contributed by atoms with E-state index in [-0.39, 0.29) is 18.5 Å². The van der Waals surface area contributed by atoms with Gasteiger partial charge in [0.05, 0.1) is 6.07 Å². The summed E-state index contributed by atoms with van der Waals surface area (Å²) in [6.07, 6.45) is 3.19. The van der Waals surface area contributed by atoms with Gasteiger partial charge < -0.3 is 20.3 Å². The van der Waals surface area contributed by atoms with Crippen LogP contribution in [0.1, 0.15) is 71.0 Å². The second-order valence-corrected chi connectivity index (χ2v) is 10.6. The fraction of sp³-hybridized carbons (Fsp3) is 0.615. The van der Waals surface area contributed by atoms with Crippen LogP contribution < -0.4 is 10.6 Å². The van der Waals surface area contributed by atoms with Gasteiger partial charge in [0.1, 0.15) is 24.2 Å². The van der Waals surface area contributed by atoms with Crippen LogP contribution in [0.15, 0.2) is 24.3 Å². The molecule has 3 atom stereocenters. The molecule has 0 spiro atoms. The van der Waals surface area contributed by atoms with E-state index in [0.717, 1.165) is 18.4 Å². The van der Waals surface area contributed by atoms with Crippen molar-refractivity contribution in [2.75, 3.05) is 18.6 Å². The van der Waals surface area contributed by atoms with Crippen LogP contribution in [0, 0.1) is 18.3 Å². The number of rotatable bonds is 12. The molecule has 0 radical (unpaired) electrons. The maximum atomic E-state index is 13.8. The molecule has 35 heavy (non-hydrogen) atoms. The number of carbonyl (C=O) groups excluding carboxylic acids is 3. The minimum atomic E-state index is -1.01. The number of alkyl carbamates (subject to hydrolysis) is 1. The van der Waals surface area contributed by atoms with Gasteiger partial charge in [0.25, 0.3) is 0 Å². The largest absolute Gasteiger partial charge is 0.444 e. The summed E-state index contributed by atoms with van der Waals surface area (Å²) >= 11 is 1.53. The van der Waals surface area contributed by atoms with Crippen molar-refractivity contribution in [2.45, 2.75) is 84.5 Å². The van der Waals surface area contributed by atoms with E-state index in [4.69, 9.17) is 4.74 Å². The number of amides is 3. The van der Waals surface area contributed by atoms with E-state index >= 15 is 0 Å². The Kier molecular flexibility index (Phi) is 12.7. The van der Waals surface area contributed by atoms with Gasteiger partial charge in [0.15, 0.2) is 0 Å². The first-order chi connectivity index (χ1) is 16.4. The Balaban J connectivity index is 3.39. The first kappa shape index (κ1) is 30.3. The third-order valence-electron chi connectivity index (χ3n) is 5.19. The number of aryl methyl sites for hydroxylation is 1. The summed E-state index contributed by atoms with van der Waals surface area (Å²) in [5.41, 5.74) is 0.875. The summed E-state index contributed by atoms with van der Waals surface area (Å²) in [6.45, 7) is 10.8. The van der Waals surface area contributed by atoms with Crippen LogP contribution in [-0.4, -0.2) is 59.0 Å². The number of ether oxygens (including phenoxy) is 1. The third-order valence-corrected chi connectivity index (χ3v) is 5.83. The Hall–Kier alpha value is -2.73. The van der Waals surface area contributed by atoms with Crippen molar-refractivity contribution >= 4 is 29.7 Å². The molecule has 3 unspecified atom stereocenters. The normalized spacial score (nSPS) is 13.7. The van der Waals surface area contributed by atoms with Gasteiger partial charge in [-0.1, -0.05) is 43.2 Å². The Labute approximate surface area is 214 Å². The van der Waals surface area contributed by atoms with Crippen LogP contribution in [0.25, 0.3) is 0 Å². The fourth-order valence-corrected chi connectivity index (χ4v) is 4.04. The number of hydrogen-bond acceptors (Lipinski definition) is 6. The molecular weight excluding hydrogens is 464 g/mol. The molecule has 1 aromatic rings. The summed E-state index contributed by atoms with van der Waals surface area (Å²) in [5.74, 6) is -0.267. The lowest BCUT2D eigenvalue weighted by Gasteiger charge is -2.33. The number of nitrogens with zero attached hydrogens (tertiary/aromatic N) is 2. The average Bonchev–Trinajstić information content (AvgIpc) is 2.76. The smallest absolute Gasteiger partial charge is 0.408 e. The molecule has 0 saturated carbocycles. The van der Waals surface area contributed by atoms with E-state index in [1.807, 2.05) is 45.2 Å². The van der Waals surface area contributed by atoms with E-state index in [1.165, 1.54) is 16.7 Å². The van der Waals surface area contributed by atoms with Gasteiger partial charge in [-0.3, -0.25) is 9.59 Å². The summed E-state index contributed by atoms with van der Waals surface area (Å²) < 4.78 is 5.35. The zero-order chi connectivity index (χ0) is 26.6. The quantitative estimate of drug-likeness (QED) is 0.410. The van der Waals surface area contributed by atoms with Gasteiger partial charge in [0, 0.05) is 6.04 Å². The van der Waals surface area contributed by atoms with Gasteiger partial charge >= 0.3 is 6.09 Å². The fourth-order valence-electron chi connectivity index (χ4n) is 3.56. The lowest BCUT2D eigenvalue weighted by atomic mass is 10.0. The summed E-state index contributed by atoms with van der Waals surface area (Å²) in [5, 5.41) is 15.2. The lowest BCUT2D eigenvalue weighted by Crippen LogP contribution is -2.53. The molecule has 1 rings (SSSR count). The number of thioether (sulfide) groups is 1. The Morgan fingerprint density at radius 3 is 2.29 bits per heavy atom. The summed E-state index contributed by atoms with van der Waals surface area (Å²) in [7, 11) is 0. The first-order valence-corrected chi connectivity index (χ1v) is 13.4. The van der Waals surface area contributed by atoms with E-state index in [1.54, 1.807) is 32.9 Å². The molecule has 8 nitrogen and oxygen atoms in total. The van der Waals surface area contributed by atoms with Gasteiger partial charge in [-0.25, -0.2) is 4.79 Å². The van der Waals surface area contributed by atoms with E-state index in [0.29, 0.717) is 17.7 Å². The van der Waals surface area contributed by atoms with E-state index in [9.17, 15) is 19.6 Å². The molecule has 1 aromatic carbocycles. The van der Waals surface area contributed by atoms with Gasteiger partial charge in [0.2, 0.25) is 11.8 Å². The van der Waals surface area contributed by atoms with Crippen molar-refractivity contribution in [3.05, 3.63) is 35.4 Å². The van der Waals surface area contributed by atoms with Crippen molar-refractivity contribution in [2.24, 2.45) is 0 Å². The van der Waals surface area contributed by atoms with Gasteiger partial charge in [-0.05, 0) is 65.0 Å². The maximum absolute atomic E-state index is 13.8. The molecule has 2 N–H and O–H groups in total. The Morgan fingerprint density at radius 1 is 1.14 bits per heavy atom. The molecule has 0 heterocycles. The standard InChI is InChI=1S/C26H40N4O4S/c1-8-9-19(3)28-23(31)22(20-12-10-18(2)11-13-20)30(16-15-27)24(32)21(14-17-35-7)29-25(33)34-26(4,5)6/h10-13,19,21-22H,8-9,14,16-17H2,1-7H3,(H,28,31)(H,29,33). The highest BCUT2D eigenvalue weighted by molar-refractivity contribution is 7.98. The minimum Gasteiger partial charge on any atom is -0.444 e. The zero-order valence-corrected chi connectivity index (χ0v) is 22.8.